The first-order valence-electron chi connectivity index (χ1n) is 6.28. The first kappa shape index (κ1) is 16.6. The molecule has 1 atom stereocenters. The van der Waals surface area contributed by atoms with Gasteiger partial charge in [0.05, 0.1) is 0 Å². The minimum absolute atomic E-state index is 0.0572. The number of carboxylic acid groups (broad SMARTS) is 1. The second-order valence-electron chi connectivity index (χ2n) is 4.76. The number of benzene rings is 1. The predicted octanol–water partition coefficient (Wildman–Crippen LogP) is 1.86. The summed E-state index contributed by atoms with van der Waals surface area (Å²) in [4.78, 5) is 11.7. The van der Waals surface area contributed by atoms with Gasteiger partial charge in [-0.2, -0.15) is 13.1 Å². The fourth-order valence-electron chi connectivity index (χ4n) is 2.03. The highest BCUT2D eigenvalue weighted by atomic mass is 32.2. The molecule has 1 unspecified atom stereocenters. The number of hydrogen-bond donors (Lipinski definition) is 3. The van der Waals surface area contributed by atoms with Crippen LogP contribution in [0.1, 0.15) is 37.3 Å². The molecular formula is C13H19NO5S. The van der Waals surface area contributed by atoms with E-state index in [0.29, 0.717) is 18.4 Å². The molecule has 3 N–H and O–H groups in total. The molecular weight excluding hydrogens is 282 g/mol. The van der Waals surface area contributed by atoms with Crippen molar-refractivity contribution in [2.24, 2.45) is 0 Å². The van der Waals surface area contributed by atoms with Crippen LogP contribution in [-0.4, -0.2) is 24.0 Å². The van der Waals surface area contributed by atoms with Crippen LogP contribution >= 0.6 is 0 Å². The van der Waals surface area contributed by atoms with Gasteiger partial charge in [-0.3, -0.25) is 4.55 Å². The molecule has 1 aromatic rings. The highest BCUT2D eigenvalue weighted by Gasteiger charge is 2.43. The topological polar surface area (TPSA) is 104 Å². The van der Waals surface area contributed by atoms with Gasteiger partial charge in [0, 0.05) is 0 Å². The zero-order valence-electron chi connectivity index (χ0n) is 11.5. The molecule has 0 saturated carbocycles. The molecule has 0 amide bonds. The third-order valence-electron chi connectivity index (χ3n) is 3.12. The average molecular weight is 301 g/mol. The van der Waals surface area contributed by atoms with E-state index in [-0.39, 0.29) is 6.42 Å². The Kier molecular flexibility index (Phi) is 5.27. The minimum Gasteiger partial charge on any atom is -0.480 e. The van der Waals surface area contributed by atoms with E-state index >= 15 is 0 Å². The summed E-state index contributed by atoms with van der Waals surface area (Å²) in [5, 5.41) is 9.50. The van der Waals surface area contributed by atoms with Gasteiger partial charge in [-0.15, -0.1) is 0 Å². The van der Waals surface area contributed by atoms with Crippen molar-refractivity contribution in [3.63, 3.8) is 0 Å². The van der Waals surface area contributed by atoms with Gasteiger partial charge >= 0.3 is 16.3 Å². The van der Waals surface area contributed by atoms with Crippen molar-refractivity contribution in [3.8, 4) is 0 Å². The second-order valence-corrected chi connectivity index (χ2v) is 5.91. The van der Waals surface area contributed by atoms with Crippen LogP contribution in [0.25, 0.3) is 0 Å². The van der Waals surface area contributed by atoms with Crippen LogP contribution in [0.4, 0.5) is 0 Å². The van der Waals surface area contributed by atoms with Gasteiger partial charge in [-0.05, 0) is 18.9 Å². The molecule has 0 aliphatic heterocycles. The number of nitrogens with one attached hydrogen (secondary N) is 1. The van der Waals surface area contributed by atoms with Crippen molar-refractivity contribution in [1.29, 1.82) is 0 Å². The quantitative estimate of drug-likeness (QED) is 0.667. The zero-order chi connectivity index (χ0) is 15.4. The average Bonchev–Trinajstić information content (AvgIpc) is 2.33. The summed E-state index contributed by atoms with van der Waals surface area (Å²) in [6.45, 7) is 3.71. The zero-order valence-corrected chi connectivity index (χ0v) is 12.3. The van der Waals surface area contributed by atoms with E-state index in [9.17, 15) is 18.3 Å². The van der Waals surface area contributed by atoms with Gasteiger partial charge in [0.1, 0.15) is 0 Å². The van der Waals surface area contributed by atoms with Crippen LogP contribution in [0.3, 0.4) is 0 Å². The van der Waals surface area contributed by atoms with Gasteiger partial charge in [-0.25, -0.2) is 4.79 Å². The fourth-order valence-corrected chi connectivity index (χ4v) is 2.78. The molecule has 6 nitrogen and oxygen atoms in total. The number of unbranched alkanes of at least 4 members (excludes halogenated alkanes) is 1. The monoisotopic (exact) mass is 301 g/mol. The maximum Gasteiger partial charge on any atom is 0.334 e. The lowest BCUT2D eigenvalue weighted by Crippen LogP contribution is -2.51. The SMILES string of the molecule is CCCCC(NS(=O)(=O)O)(C(=O)O)c1ccc(C)cc1. The molecule has 1 aromatic carbocycles. The van der Waals surface area contributed by atoms with Gasteiger partial charge in [0.25, 0.3) is 0 Å². The standard InChI is InChI=1S/C13H19NO5S/c1-3-4-9-13(12(15)16,14-20(17,18)19)11-7-5-10(2)6-8-11/h5-8,14H,3-4,9H2,1-2H3,(H,15,16)(H,17,18,19). The lowest BCUT2D eigenvalue weighted by atomic mass is 9.85. The van der Waals surface area contributed by atoms with Crippen molar-refractivity contribution >= 4 is 16.3 Å². The Morgan fingerprint density at radius 3 is 2.25 bits per heavy atom. The maximum atomic E-state index is 11.7. The molecule has 0 radical (unpaired) electrons. The summed E-state index contributed by atoms with van der Waals surface area (Å²) in [5.74, 6) is -1.34. The van der Waals surface area contributed by atoms with Crippen molar-refractivity contribution in [2.75, 3.05) is 0 Å². The summed E-state index contributed by atoms with van der Waals surface area (Å²) in [5.41, 5.74) is -0.630. The Labute approximate surface area is 118 Å². The van der Waals surface area contributed by atoms with E-state index in [1.807, 2.05) is 18.6 Å². The van der Waals surface area contributed by atoms with Gasteiger partial charge < -0.3 is 5.11 Å². The molecule has 0 aliphatic rings. The van der Waals surface area contributed by atoms with Crippen molar-refractivity contribution < 1.29 is 22.9 Å². The van der Waals surface area contributed by atoms with Gasteiger partial charge in [0.2, 0.25) is 0 Å². The van der Waals surface area contributed by atoms with Crippen LogP contribution in [0.5, 0.6) is 0 Å². The van der Waals surface area contributed by atoms with Crippen LogP contribution in [0, 0.1) is 6.92 Å². The maximum absolute atomic E-state index is 11.7. The summed E-state index contributed by atoms with van der Waals surface area (Å²) < 4.78 is 33.2. The Bertz CT molecular complexity index is 567. The highest BCUT2D eigenvalue weighted by molar-refractivity contribution is 7.83. The van der Waals surface area contributed by atoms with Crippen LogP contribution in [-0.2, 0) is 20.6 Å². The van der Waals surface area contributed by atoms with Crippen LogP contribution in [0.2, 0.25) is 0 Å². The number of aryl methyl sites for hydroxylation is 1. The van der Waals surface area contributed by atoms with E-state index < -0.39 is 21.8 Å². The molecule has 112 valence electrons. The lowest BCUT2D eigenvalue weighted by molar-refractivity contribution is -0.145. The Morgan fingerprint density at radius 1 is 1.30 bits per heavy atom. The molecule has 0 bridgehead atoms. The van der Waals surface area contributed by atoms with E-state index in [1.165, 1.54) is 0 Å². The number of hydrogen-bond acceptors (Lipinski definition) is 3. The second kappa shape index (κ2) is 6.34. The molecule has 0 fully saturated rings. The largest absolute Gasteiger partial charge is 0.480 e. The smallest absolute Gasteiger partial charge is 0.334 e. The predicted molar refractivity (Wildman–Crippen MR) is 74.7 cm³/mol. The summed E-state index contributed by atoms with van der Waals surface area (Å²) in [6, 6.07) is 6.50. The van der Waals surface area contributed by atoms with Crippen molar-refractivity contribution in [2.45, 2.75) is 38.6 Å². The fraction of sp³-hybridized carbons (Fsp3) is 0.462. The third-order valence-corrected chi connectivity index (χ3v) is 3.72. The summed E-state index contributed by atoms with van der Waals surface area (Å²) >= 11 is 0. The van der Waals surface area contributed by atoms with Crippen LogP contribution in [0.15, 0.2) is 24.3 Å². The molecule has 0 heterocycles. The number of carbonyl (C=O) groups is 1. The third kappa shape index (κ3) is 4.03. The van der Waals surface area contributed by atoms with E-state index in [0.717, 1.165) is 5.56 Å². The minimum atomic E-state index is -4.65. The normalized spacial score (nSPS) is 14.8. The van der Waals surface area contributed by atoms with Crippen LogP contribution < -0.4 is 4.72 Å². The molecule has 20 heavy (non-hydrogen) atoms. The number of carboxylic acids is 1. The first-order chi connectivity index (χ1) is 9.21. The van der Waals surface area contributed by atoms with E-state index in [2.05, 4.69) is 0 Å². The van der Waals surface area contributed by atoms with Gasteiger partial charge in [-0.1, -0.05) is 49.6 Å². The van der Waals surface area contributed by atoms with Crippen molar-refractivity contribution in [1.82, 2.24) is 4.72 Å². The molecule has 0 aliphatic carbocycles. The van der Waals surface area contributed by atoms with Crippen molar-refractivity contribution in [3.05, 3.63) is 35.4 Å². The lowest BCUT2D eigenvalue weighted by Gasteiger charge is -2.29. The summed E-state index contributed by atoms with van der Waals surface area (Å²) in [6.07, 6.45) is 1.26. The number of rotatable bonds is 7. The highest BCUT2D eigenvalue weighted by Crippen LogP contribution is 2.29. The molecule has 1 rings (SSSR count). The Morgan fingerprint density at radius 2 is 1.85 bits per heavy atom. The molecule has 0 spiro atoms. The molecule has 0 aromatic heterocycles. The van der Waals surface area contributed by atoms with Gasteiger partial charge in [0.15, 0.2) is 5.54 Å². The molecule has 7 heteroatoms. The Hall–Kier alpha value is -1.44. The Balaban J connectivity index is 3.35. The van der Waals surface area contributed by atoms with E-state index in [1.54, 1.807) is 24.3 Å². The van der Waals surface area contributed by atoms with E-state index in [4.69, 9.17) is 4.55 Å². The first-order valence-corrected chi connectivity index (χ1v) is 7.72. The summed E-state index contributed by atoms with van der Waals surface area (Å²) in [7, 11) is -4.65. The number of aliphatic carboxylic acids is 1. The molecule has 0 saturated heterocycles.